The third-order valence-corrected chi connectivity index (χ3v) is 7.63. The zero-order chi connectivity index (χ0) is 27.5. The van der Waals surface area contributed by atoms with E-state index in [9.17, 15) is 14.7 Å². The molecule has 2 heterocycles. The maximum absolute atomic E-state index is 13.5. The van der Waals surface area contributed by atoms with Crippen molar-refractivity contribution in [2.24, 2.45) is 0 Å². The molecule has 1 saturated heterocycles. The van der Waals surface area contributed by atoms with Gasteiger partial charge >= 0.3 is 5.91 Å². The summed E-state index contributed by atoms with van der Waals surface area (Å²) in [7, 11) is 0. The quantitative estimate of drug-likeness (QED) is 0.144. The summed E-state index contributed by atoms with van der Waals surface area (Å²) in [5.41, 5.74) is 3.01. The second kappa shape index (κ2) is 11.3. The third kappa shape index (κ3) is 5.12. The fraction of sp³-hybridized carbons (Fsp3) is 0.258. The Bertz CT molecular complexity index is 1540. The predicted octanol–water partition coefficient (Wildman–Crippen LogP) is 6.67. The number of ketones is 1. The van der Waals surface area contributed by atoms with Gasteiger partial charge in [-0.05, 0) is 79.4 Å². The summed E-state index contributed by atoms with van der Waals surface area (Å²) in [5.74, 6) is -0.393. The smallest absolute Gasteiger partial charge is 0.301 e. The van der Waals surface area contributed by atoms with Gasteiger partial charge in [-0.25, -0.2) is 4.98 Å². The molecule has 0 saturated carbocycles. The van der Waals surface area contributed by atoms with E-state index in [1.54, 1.807) is 24.3 Å². The number of aromatic nitrogens is 1. The molecular formula is C31H30N2O5S. The summed E-state index contributed by atoms with van der Waals surface area (Å²) in [6.07, 6.45) is 1.75. The van der Waals surface area contributed by atoms with Crippen LogP contribution in [0.2, 0.25) is 0 Å². The maximum Gasteiger partial charge on any atom is 0.301 e. The van der Waals surface area contributed by atoms with Crippen molar-refractivity contribution in [3.63, 3.8) is 0 Å². The van der Waals surface area contributed by atoms with Crippen LogP contribution in [0.1, 0.15) is 49.9 Å². The Morgan fingerprint density at radius 1 is 0.949 bits per heavy atom. The number of hydrogen-bond donors (Lipinski definition) is 1. The zero-order valence-corrected chi connectivity index (χ0v) is 23.0. The molecule has 5 rings (SSSR count). The van der Waals surface area contributed by atoms with Crippen molar-refractivity contribution in [2.45, 2.75) is 39.7 Å². The van der Waals surface area contributed by atoms with E-state index in [0.717, 1.165) is 28.6 Å². The fourth-order valence-corrected chi connectivity index (χ4v) is 5.68. The zero-order valence-electron chi connectivity index (χ0n) is 22.1. The first kappa shape index (κ1) is 26.4. The largest absolute Gasteiger partial charge is 0.507 e. The number of rotatable bonds is 9. The van der Waals surface area contributed by atoms with E-state index >= 15 is 0 Å². The second-order valence-corrected chi connectivity index (χ2v) is 10.2. The monoisotopic (exact) mass is 542 g/mol. The first-order chi connectivity index (χ1) is 18.9. The number of aliphatic hydroxyl groups is 1. The number of anilines is 1. The van der Waals surface area contributed by atoms with Crippen molar-refractivity contribution in [1.82, 2.24) is 4.98 Å². The van der Waals surface area contributed by atoms with Crippen LogP contribution >= 0.6 is 11.3 Å². The molecule has 39 heavy (non-hydrogen) atoms. The number of fused-ring (bicyclic) bond motifs is 1. The molecule has 0 bridgehead atoms. The molecule has 1 aliphatic rings. The van der Waals surface area contributed by atoms with Gasteiger partial charge in [-0.15, -0.1) is 0 Å². The van der Waals surface area contributed by atoms with E-state index in [1.807, 2.05) is 50.2 Å². The highest BCUT2D eigenvalue weighted by Crippen LogP contribution is 2.44. The van der Waals surface area contributed by atoms with Crippen LogP contribution in [0.15, 0.2) is 72.3 Å². The average Bonchev–Trinajstić information content (AvgIpc) is 3.49. The van der Waals surface area contributed by atoms with E-state index in [2.05, 4.69) is 13.0 Å². The predicted molar refractivity (Wildman–Crippen MR) is 154 cm³/mol. The molecule has 1 atom stereocenters. The first-order valence-electron chi connectivity index (χ1n) is 13.1. The van der Waals surface area contributed by atoms with Crippen LogP contribution < -0.4 is 14.4 Å². The van der Waals surface area contributed by atoms with Crippen molar-refractivity contribution in [3.8, 4) is 11.5 Å². The van der Waals surface area contributed by atoms with Gasteiger partial charge in [-0.3, -0.25) is 14.5 Å². The summed E-state index contributed by atoms with van der Waals surface area (Å²) >= 11 is 1.36. The Morgan fingerprint density at radius 2 is 1.64 bits per heavy atom. The van der Waals surface area contributed by atoms with Crippen LogP contribution in [0.3, 0.4) is 0 Å². The van der Waals surface area contributed by atoms with Crippen molar-refractivity contribution in [3.05, 3.63) is 89.0 Å². The lowest BCUT2D eigenvalue weighted by Gasteiger charge is -2.23. The molecule has 0 spiro atoms. The number of hydrogen-bond acceptors (Lipinski definition) is 7. The molecule has 1 aliphatic heterocycles. The van der Waals surface area contributed by atoms with Crippen LogP contribution in [-0.4, -0.2) is 35.0 Å². The van der Waals surface area contributed by atoms with Gasteiger partial charge in [-0.1, -0.05) is 43.4 Å². The number of thiazole rings is 1. The highest BCUT2D eigenvalue weighted by Gasteiger charge is 2.48. The fourth-order valence-electron chi connectivity index (χ4n) is 4.62. The van der Waals surface area contributed by atoms with E-state index in [4.69, 9.17) is 14.5 Å². The second-order valence-electron chi connectivity index (χ2n) is 9.20. The Morgan fingerprint density at radius 3 is 2.31 bits per heavy atom. The molecule has 1 fully saturated rings. The summed E-state index contributed by atoms with van der Waals surface area (Å²) < 4.78 is 12.2. The molecule has 8 heteroatoms. The Labute approximate surface area is 231 Å². The van der Waals surface area contributed by atoms with E-state index in [0.29, 0.717) is 41.0 Å². The Kier molecular flexibility index (Phi) is 7.65. The highest BCUT2D eigenvalue weighted by atomic mass is 32.1. The van der Waals surface area contributed by atoms with Crippen molar-refractivity contribution >= 4 is 44.1 Å². The highest BCUT2D eigenvalue weighted by molar-refractivity contribution is 7.22. The molecule has 200 valence electrons. The molecular weight excluding hydrogens is 512 g/mol. The molecule has 0 aliphatic carbocycles. The van der Waals surface area contributed by atoms with Gasteiger partial charge in [0.05, 0.1) is 35.0 Å². The van der Waals surface area contributed by atoms with E-state index < -0.39 is 17.7 Å². The standard InChI is InChI=1S/C31H30N2O5S/c1-4-17-38-23-12-8-20(9-13-23)27-26(28(34)21-10-14-22(15-11-21)37-6-3)29(35)30(36)33(27)31-32-24-16-7-19(5-2)18-25(24)39-31/h7-16,18,27,34H,4-6,17H2,1-3H3. The first-order valence-corrected chi connectivity index (χ1v) is 13.9. The summed E-state index contributed by atoms with van der Waals surface area (Å²) in [5, 5.41) is 11.8. The molecule has 0 radical (unpaired) electrons. The number of aliphatic hydroxyl groups excluding tert-OH is 1. The minimum absolute atomic E-state index is 0.0138. The molecule has 3 aromatic carbocycles. The molecule has 1 aromatic heterocycles. The van der Waals surface area contributed by atoms with Crippen LogP contribution in [0, 0.1) is 0 Å². The normalized spacial score (nSPS) is 16.7. The van der Waals surface area contributed by atoms with Gasteiger partial charge in [0.2, 0.25) is 0 Å². The van der Waals surface area contributed by atoms with Crippen molar-refractivity contribution in [1.29, 1.82) is 0 Å². The molecule has 1 N–H and O–H groups in total. The van der Waals surface area contributed by atoms with Crippen molar-refractivity contribution in [2.75, 3.05) is 18.1 Å². The molecule has 4 aromatic rings. The van der Waals surface area contributed by atoms with E-state index in [1.165, 1.54) is 16.2 Å². The summed E-state index contributed by atoms with van der Waals surface area (Å²) in [6.45, 7) is 7.09. The topological polar surface area (TPSA) is 89.0 Å². The Hall–Kier alpha value is -4.17. The van der Waals surface area contributed by atoms with Crippen LogP contribution in [0.5, 0.6) is 11.5 Å². The average molecular weight is 543 g/mol. The molecule has 1 amide bonds. The third-order valence-electron chi connectivity index (χ3n) is 6.61. The minimum Gasteiger partial charge on any atom is -0.507 e. The number of benzene rings is 3. The van der Waals surface area contributed by atoms with Gasteiger partial charge in [0, 0.05) is 5.56 Å². The lowest BCUT2D eigenvalue weighted by molar-refractivity contribution is -0.132. The van der Waals surface area contributed by atoms with Crippen molar-refractivity contribution < 1.29 is 24.2 Å². The van der Waals surface area contributed by atoms with Gasteiger partial charge < -0.3 is 14.6 Å². The summed E-state index contributed by atoms with van der Waals surface area (Å²) in [6, 6.07) is 19.2. The maximum atomic E-state index is 13.5. The SMILES string of the molecule is CCCOc1ccc(C2C(=C(O)c3ccc(OCC)cc3)C(=O)C(=O)N2c2nc3ccc(CC)cc3s2)cc1. The van der Waals surface area contributed by atoms with Crippen LogP contribution in [0.4, 0.5) is 5.13 Å². The van der Waals surface area contributed by atoms with Gasteiger partial charge in [0.25, 0.3) is 5.78 Å². The number of amides is 1. The van der Waals surface area contributed by atoms with Gasteiger partial charge in [0.1, 0.15) is 17.3 Å². The van der Waals surface area contributed by atoms with Gasteiger partial charge in [0.15, 0.2) is 5.13 Å². The molecule has 1 unspecified atom stereocenters. The lowest BCUT2D eigenvalue weighted by atomic mass is 9.95. The lowest BCUT2D eigenvalue weighted by Crippen LogP contribution is -2.29. The number of Topliss-reactive ketones (excluding diaryl/α,β-unsaturated/α-hetero) is 1. The van der Waals surface area contributed by atoms with Crippen LogP contribution in [-0.2, 0) is 16.0 Å². The number of carbonyl (C=O) groups excluding carboxylic acids is 2. The molecule has 7 nitrogen and oxygen atoms in total. The number of ether oxygens (including phenoxy) is 2. The number of nitrogens with zero attached hydrogens (tertiary/aromatic N) is 2. The minimum atomic E-state index is -0.858. The van der Waals surface area contributed by atoms with Crippen LogP contribution in [0.25, 0.3) is 16.0 Å². The number of aryl methyl sites for hydroxylation is 1. The summed E-state index contributed by atoms with van der Waals surface area (Å²) in [4.78, 5) is 33.2. The van der Waals surface area contributed by atoms with Gasteiger partial charge in [-0.2, -0.15) is 0 Å². The Balaban J connectivity index is 1.64. The van der Waals surface area contributed by atoms with E-state index in [-0.39, 0.29) is 11.3 Å². The number of carbonyl (C=O) groups is 2.